The Kier molecular flexibility index (Phi) is 6.78. The van der Waals surface area contributed by atoms with E-state index in [9.17, 15) is 26.1 Å². The van der Waals surface area contributed by atoms with E-state index in [1.54, 1.807) is 43.6 Å². The lowest BCUT2D eigenvalue weighted by Gasteiger charge is -2.11. The van der Waals surface area contributed by atoms with Crippen LogP contribution < -0.4 is 4.57 Å². The minimum absolute atomic E-state index is 0.101. The van der Waals surface area contributed by atoms with Crippen LogP contribution in [0.25, 0.3) is 12.2 Å². The van der Waals surface area contributed by atoms with Gasteiger partial charge in [0.25, 0.3) is 0 Å². The Labute approximate surface area is 156 Å². The first-order chi connectivity index (χ1) is 12.5. The minimum Gasteiger partial charge on any atom is -0.748 e. The number of rotatable bonds is 7. The smallest absolute Gasteiger partial charge is 0.416 e. The molecule has 146 valence electrons. The molecule has 0 atom stereocenters. The number of nitrogens with zero attached hydrogens (tertiary/aromatic N) is 1. The van der Waals surface area contributed by atoms with E-state index in [-0.39, 0.29) is 17.7 Å². The number of hydrogen-bond donors (Lipinski definition) is 0. The van der Waals surface area contributed by atoms with E-state index in [1.807, 2.05) is 4.57 Å². The van der Waals surface area contributed by atoms with Crippen molar-refractivity contribution in [3.8, 4) is 0 Å². The molecule has 0 aliphatic carbocycles. The highest BCUT2D eigenvalue weighted by atomic mass is 32.2. The largest absolute Gasteiger partial charge is 0.748 e. The van der Waals surface area contributed by atoms with E-state index in [2.05, 4.69) is 0 Å². The van der Waals surface area contributed by atoms with Crippen molar-refractivity contribution in [2.24, 2.45) is 0 Å². The lowest BCUT2D eigenvalue weighted by atomic mass is 10.0. The van der Waals surface area contributed by atoms with Crippen LogP contribution in [0.5, 0.6) is 0 Å². The highest BCUT2D eigenvalue weighted by Gasteiger charge is 2.32. The predicted molar refractivity (Wildman–Crippen MR) is 95.5 cm³/mol. The van der Waals surface area contributed by atoms with Gasteiger partial charge in [0.1, 0.15) is 6.54 Å². The van der Waals surface area contributed by atoms with Gasteiger partial charge in [0.15, 0.2) is 12.4 Å². The van der Waals surface area contributed by atoms with E-state index in [0.29, 0.717) is 18.5 Å². The molecule has 0 N–H and O–H groups in total. The molecule has 1 heterocycles. The van der Waals surface area contributed by atoms with E-state index >= 15 is 0 Å². The predicted octanol–water partition coefficient (Wildman–Crippen LogP) is 3.80. The van der Waals surface area contributed by atoms with Gasteiger partial charge in [-0.2, -0.15) is 13.2 Å². The first-order valence-corrected chi connectivity index (χ1v) is 9.91. The van der Waals surface area contributed by atoms with Crippen molar-refractivity contribution in [2.75, 3.05) is 5.75 Å². The fourth-order valence-corrected chi connectivity index (χ4v) is 3.11. The Morgan fingerprint density at radius 2 is 1.74 bits per heavy atom. The Hall–Kier alpha value is -2.19. The number of halogens is 3. The van der Waals surface area contributed by atoms with Crippen molar-refractivity contribution in [3.63, 3.8) is 0 Å². The standard InChI is InChI=1S/C19H20F3NO3S/c1-15-4-6-17(18(14-15)19(20,21)22)7-5-16-8-11-23(12-9-16)10-2-3-13-27(24,25)26/h4-9,11-12,14H,2-3,10,13H2,1H3/b7-5+. The Balaban J connectivity index is 2.02. The maximum absolute atomic E-state index is 13.1. The van der Waals surface area contributed by atoms with Crippen LogP contribution in [0.15, 0.2) is 42.7 Å². The van der Waals surface area contributed by atoms with Crippen molar-refractivity contribution in [2.45, 2.75) is 32.5 Å². The van der Waals surface area contributed by atoms with Gasteiger partial charge >= 0.3 is 6.18 Å². The second kappa shape index (κ2) is 8.67. The van der Waals surface area contributed by atoms with Crippen molar-refractivity contribution in [3.05, 3.63) is 65.0 Å². The van der Waals surface area contributed by atoms with E-state index in [4.69, 9.17) is 0 Å². The van der Waals surface area contributed by atoms with E-state index < -0.39 is 21.9 Å². The molecule has 2 aromatic rings. The van der Waals surface area contributed by atoms with Crippen molar-refractivity contribution < 1.29 is 30.7 Å². The average Bonchev–Trinajstić information content (AvgIpc) is 2.57. The summed E-state index contributed by atoms with van der Waals surface area (Å²) in [6.45, 7) is 2.17. The number of aryl methyl sites for hydroxylation is 2. The van der Waals surface area contributed by atoms with Crippen LogP contribution in [0.4, 0.5) is 13.2 Å². The molecule has 4 nitrogen and oxygen atoms in total. The van der Waals surface area contributed by atoms with Gasteiger partial charge in [0.05, 0.1) is 15.7 Å². The van der Waals surface area contributed by atoms with Gasteiger partial charge in [-0.3, -0.25) is 0 Å². The molecule has 0 spiro atoms. The summed E-state index contributed by atoms with van der Waals surface area (Å²) in [6, 6.07) is 7.71. The quantitative estimate of drug-likeness (QED) is 0.404. The maximum Gasteiger partial charge on any atom is 0.416 e. The number of benzene rings is 1. The first-order valence-electron chi connectivity index (χ1n) is 8.33. The number of pyridine rings is 1. The van der Waals surface area contributed by atoms with E-state index in [0.717, 1.165) is 11.6 Å². The highest BCUT2D eigenvalue weighted by molar-refractivity contribution is 7.85. The van der Waals surface area contributed by atoms with Crippen LogP contribution in [0.2, 0.25) is 0 Å². The summed E-state index contributed by atoms with van der Waals surface area (Å²) in [7, 11) is -4.18. The van der Waals surface area contributed by atoms with Crippen LogP contribution in [0, 0.1) is 6.92 Å². The fourth-order valence-electron chi connectivity index (χ4n) is 2.55. The molecule has 0 unspecified atom stereocenters. The number of alkyl halides is 3. The first kappa shape index (κ1) is 21.1. The van der Waals surface area contributed by atoms with Gasteiger partial charge in [-0.1, -0.05) is 29.8 Å². The normalized spacial score (nSPS) is 12.6. The molecular weight excluding hydrogens is 379 g/mol. The second-order valence-corrected chi connectivity index (χ2v) is 7.78. The molecule has 1 aromatic carbocycles. The lowest BCUT2D eigenvalue weighted by molar-refractivity contribution is -0.697. The molecule has 0 saturated carbocycles. The van der Waals surface area contributed by atoms with Crippen LogP contribution in [0.3, 0.4) is 0 Å². The zero-order valence-electron chi connectivity index (χ0n) is 14.7. The SMILES string of the molecule is Cc1ccc(/C=C/c2cc[n+](CCCCS(=O)(=O)[O-])cc2)c(C(F)(F)F)c1. The molecule has 8 heteroatoms. The topological polar surface area (TPSA) is 61.1 Å². The van der Waals surface area contributed by atoms with Gasteiger partial charge in [-0.15, -0.1) is 0 Å². The summed E-state index contributed by atoms with van der Waals surface area (Å²) >= 11 is 0. The summed E-state index contributed by atoms with van der Waals surface area (Å²) in [6.07, 6.45) is 2.96. The maximum atomic E-state index is 13.1. The van der Waals surface area contributed by atoms with Crippen molar-refractivity contribution >= 4 is 22.3 Å². The van der Waals surface area contributed by atoms with Crippen molar-refractivity contribution in [1.29, 1.82) is 0 Å². The van der Waals surface area contributed by atoms with Gasteiger partial charge in [-0.25, -0.2) is 13.0 Å². The molecule has 0 saturated heterocycles. The van der Waals surface area contributed by atoms with Crippen LogP contribution in [-0.2, 0) is 22.8 Å². The Morgan fingerprint density at radius 3 is 2.33 bits per heavy atom. The van der Waals surface area contributed by atoms with E-state index in [1.165, 1.54) is 12.1 Å². The van der Waals surface area contributed by atoms with Crippen LogP contribution >= 0.6 is 0 Å². The third kappa shape index (κ3) is 7.15. The summed E-state index contributed by atoms with van der Waals surface area (Å²) in [5.41, 5.74) is 0.716. The summed E-state index contributed by atoms with van der Waals surface area (Å²) in [4.78, 5) is 0. The van der Waals surface area contributed by atoms with Gasteiger partial charge < -0.3 is 4.55 Å². The Morgan fingerprint density at radius 1 is 1.07 bits per heavy atom. The van der Waals surface area contributed by atoms with Crippen LogP contribution in [-0.4, -0.2) is 18.7 Å². The number of aromatic nitrogens is 1. The van der Waals surface area contributed by atoms with Crippen LogP contribution in [0.1, 0.15) is 35.1 Å². The van der Waals surface area contributed by atoms with Crippen molar-refractivity contribution in [1.82, 2.24) is 0 Å². The Bertz CT molecular complexity index is 905. The molecule has 1 aromatic heterocycles. The monoisotopic (exact) mass is 399 g/mol. The number of hydrogen-bond acceptors (Lipinski definition) is 3. The minimum atomic E-state index is -4.41. The molecule has 0 radical (unpaired) electrons. The molecular formula is C19H20F3NO3S. The summed E-state index contributed by atoms with van der Waals surface area (Å²) in [5, 5.41) is 0. The molecule has 0 bridgehead atoms. The average molecular weight is 399 g/mol. The molecule has 0 aliphatic heterocycles. The molecule has 2 rings (SSSR count). The fraction of sp³-hybridized carbons (Fsp3) is 0.316. The van der Waals surface area contributed by atoms with Gasteiger partial charge in [-0.05, 0) is 30.5 Å². The summed E-state index contributed by atoms with van der Waals surface area (Å²) in [5.74, 6) is -0.382. The molecule has 27 heavy (non-hydrogen) atoms. The second-order valence-electron chi connectivity index (χ2n) is 6.26. The zero-order valence-corrected chi connectivity index (χ0v) is 15.6. The molecule has 0 fully saturated rings. The molecule has 0 amide bonds. The van der Waals surface area contributed by atoms with Gasteiger partial charge in [0, 0.05) is 24.3 Å². The summed E-state index contributed by atoms with van der Waals surface area (Å²) < 4.78 is 72.8. The lowest BCUT2D eigenvalue weighted by Crippen LogP contribution is -2.32. The molecule has 0 aliphatic rings. The zero-order chi connectivity index (χ0) is 20.1. The highest BCUT2D eigenvalue weighted by Crippen LogP contribution is 2.33. The van der Waals surface area contributed by atoms with Gasteiger partial charge in [0.2, 0.25) is 0 Å². The third-order valence-corrected chi connectivity index (χ3v) is 4.74. The third-order valence-electron chi connectivity index (χ3n) is 3.95. The number of unbranched alkanes of at least 4 members (excludes halogenated alkanes) is 1.